The van der Waals surface area contributed by atoms with Gasteiger partial charge in [-0.25, -0.2) is 0 Å². The Bertz CT molecular complexity index is 272. The highest BCUT2D eigenvalue weighted by molar-refractivity contribution is 5.32. The standard InChI is InChI=1S/C14H22/c1-6-8-12(3)10-14(5)11-13(4)9-7-2/h6,8-11H,7H2,1-5H3. The molecule has 0 saturated heterocycles. The fourth-order valence-corrected chi connectivity index (χ4v) is 1.45. The first kappa shape index (κ1) is 13.0. The lowest BCUT2D eigenvalue weighted by molar-refractivity contribution is 1.19. The van der Waals surface area contributed by atoms with Crippen molar-refractivity contribution in [1.82, 2.24) is 0 Å². The zero-order chi connectivity index (χ0) is 11.0. The summed E-state index contributed by atoms with van der Waals surface area (Å²) in [5.74, 6) is 0. The van der Waals surface area contributed by atoms with Crippen LogP contribution in [0, 0.1) is 0 Å². The summed E-state index contributed by atoms with van der Waals surface area (Å²) in [4.78, 5) is 0. The number of hydrogen-bond donors (Lipinski definition) is 0. The van der Waals surface area contributed by atoms with Crippen molar-refractivity contribution >= 4 is 0 Å². The van der Waals surface area contributed by atoms with Crippen molar-refractivity contribution in [3.8, 4) is 0 Å². The van der Waals surface area contributed by atoms with Gasteiger partial charge < -0.3 is 0 Å². The van der Waals surface area contributed by atoms with Gasteiger partial charge in [-0.2, -0.15) is 0 Å². The highest BCUT2D eigenvalue weighted by Gasteiger charge is 1.86. The van der Waals surface area contributed by atoms with Crippen LogP contribution in [0.5, 0.6) is 0 Å². The van der Waals surface area contributed by atoms with Crippen molar-refractivity contribution in [3.63, 3.8) is 0 Å². The maximum absolute atomic E-state index is 2.24. The van der Waals surface area contributed by atoms with Crippen LogP contribution in [0.1, 0.15) is 41.0 Å². The minimum atomic E-state index is 1.10. The Labute approximate surface area is 88.7 Å². The molecule has 0 heteroatoms. The van der Waals surface area contributed by atoms with Crippen LogP contribution >= 0.6 is 0 Å². The van der Waals surface area contributed by atoms with Crippen molar-refractivity contribution in [2.45, 2.75) is 41.0 Å². The smallest absolute Gasteiger partial charge is 0.0374 e. The van der Waals surface area contributed by atoms with Gasteiger partial charge in [-0.1, -0.05) is 54.0 Å². The second-order valence-electron chi connectivity index (χ2n) is 3.63. The zero-order valence-electron chi connectivity index (χ0n) is 10.1. The van der Waals surface area contributed by atoms with Crippen LogP contribution in [-0.4, -0.2) is 0 Å². The van der Waals surface area contributed by atoms with E-state index in [9.17, 15) is 0 Å². The van der Waals surface area contributed by atoms with E-state index in [-0.39, 0.29) is 0 Å². The third-order valence-corrected chi connectivity index (χ3v) is 1.87. The molecule has 0 amide bonds. The first-order valence-electron chi connectivity index (χ1n) is 5.26. The number of allylic oxidation sites excluding steroid dienone is 8. The molecule has 0 aromatic carbocycles. The van der Waals surface area contributed by atoms with Crippen LogP contribution in [0.2, 0.25) is 0 Å². The second kappa shape index (κ2) is 7.37. The monoisotopic (exact) mass is 190 g/mol. The highest BCUT2D eigenvalue weighted by Crippen LogP contribution is 2.07. The summed E-state index contributed by atoms with van der Waals surface area (Å²) in [6.07, 6.45) is 11.9. The van der Waals surface area contributed by atoms with Gasteiger partial charge in [-0.3, -0.25) is 0 Å². The summed E-state index contributed by atoms with van der Waals surface area (Å²) in [5, 5.41) is 0. The van der Waals surface area contributed by atoms with Crippen LogP contribution in [0.4, 0.5) is 0 Å². The first-order valence-corrected chi connectivity index (χ1v) is 5.26. The van der Waals surface area contributed by atoms with E-state index >= 15 is 0 Å². The highest BCUT2D eigenvalue weighted by atomic mass is 13.9. The van der Waals surface area contributed by atoms with Gasteiger partial charge >= 0.3 is 0 Å². The van der Waals surface area contributed by atoms with Crippen LogP contribution < -0.4 is 0 Å². The summed E-state index contributed by atoms with van der Waals surface area (Å²) >= 11 is 0. The largest absolute Gasteiger partial charge is 0.0874 e. The van der Waals surface area contributed by atoms with Gasteiger partial charge in [0, 0.05) is 0 Å². The van der Waals surface area contributed by atoms with Crippen LogP contribution in [0.15, 0.2) is 47.1 Å². The first-order chi connectivity index (χ1) is 6.60. The molecule has 78 valence electrons. The minimum absolute atomic E-state index is 1.10. The maximum Gasteiger partial charge on any atom is -0.0374 e. The van der Waals surface area contributed by atoms with E-state index in [1.165, 1.54) is 16.7 Å². The van der Waals surface area contributed by atoms with E-state index in [4.69, 9.17) is 0 Å². The Morgan fingerprint density at radius 1 is 0.929 bits per heavy atom. The lowest BCUT2D eigenvalue weighted by Gasteiger charge is -1.96. The van der Waals surface area contributed by atoms with Gasteiger partial charge in [0.05, 0.1) is 0 Å². The quantitative estimate of drug-likeness (QED) is 0.558. The van der Waals surface area contributed by atoms with E-state index in [1.54, 1.807) is 0 Å². The zero-order valence-corrected chi connectivity index (χ0v) is 10.1. The van der Waals surface area contributed by atoms with Crippen molar-refractivity contribution in [2.24, 2.45) is 0 Å². The average molecular weight is 190 g/mol. The summed E-state index contributed by atoms with van der Waals surface area (Å²) in [5.41, 5.74) is 3.95. The lowest BCUT2D eigenvalue weighted by atomic mass is 10.1. The molecule has 0 bridgehead atoms. The topological polar surface area (TPSA) is 0 Å². The Kier molecular flexibility index (Phi) is 6.82. The Morgan fingerprint density at radius 3 is 2.00 bits per heavy atom. The summed E-state index contributed by atoms with van der Waals surface area (Å²) in [7, 11) is 0. The SMILES string of the molecule is CC=CC(C)=CC(C)=CC(C)=CCC. The molecule has 0 spiro atoms. The van der Waals surface area contributed by atoms with Gasteiger partial charge in [0.1, 0.15) is 0 Å². The molecule has 0 fully saturated rings. The molecule has 0 heterocycles. The minimum Gasteiger partial charge on any atom is -0.0874 e. The number of hydrogen-bond acceptors (Lipinski definition) is 0. The van der Waals surface area contributed by atoms with Gasteiger partial charge in [-0.05, 0) is 34.1 Å². The van der Waals surface area contributed by atoms with E-state index < -0.39 is 0 Å². The molecule has 0 nitrogen and oxygen atoms in total. The Balaban J connectivity index is 4.54. The third-order valence-electron chi connectivity index (χ3n) is 1.87. The average Bonchev–Trinajstić information content (AvgIpc) is 2.03. The van der Waals surface area contributed by atoms with Gasteiger partial charge in [0.2, 0.25) is 0 Å². The second-order valence-corrected chi connectivity index (χ2v) is 3.63. The lowest BCUT2D eigenvalue weighted by Crippen LogP contribution is -1.75. The normalized spacial score (nSPS) is 15.4. The van der Waals surface area contributed by atoms with Crippen molar-refractivity contribution in [3.05, 3.63) is 47.1 Å². The fourth-order valence-electron chi connectivity index (χ4n) is 1.45. The molecule has 0 unspecified atom stereocenters. The molecular weight excluding hydrogens is 168 g/mol. The summed E-state index contributed by atoms with van der Waals surface area (Å²) in [6, 6.07) is 0. The third kappa shape index (κ3) is 6.47. The predicted octanol–water partition coefficient (Wildman–Crippen LogP) is 4.81. The number of rotatable bonds is 4. The van der Waals surface area contributed by atoms with Gasteiger partial charge in [0.15, 0.2) is 0 Å². The van der Waals surface area contributed by atoms with E-state index in [1.807, 2.05) is 6.92 Å². The van der Waals surface area contributed by atoms with Crippen molar-refractivity contribution in [1.29, 1.82) is 0 Å². The molecule has 0 N–H and O–H groups in total. The van der Waals surface area contributed by atoms with E-state index in [0.717, 1.165) is 6.42 Å². The molecular formula is C14H22. The predicted molar refractivity (Wildman–Crippen MR) is 66.4 cm³/mol. The molecule has 0 atom stereocenters. The summed E-state index contributed by atoms with van der Waals surface area (Å²) < 4.78 is 0. The molecule has 0 aliphatic heterocycles. The molecule has 0 aromatic rings. The van der Waals surface area contributed by atoms with Crippen molar-refractivity contribution in [2.75, 3.05) is 0 Å². The fraction of sp³-hybridized carbons (Fsp3) is 0.429. The van der Waals surface area contributed by atoms with E-state index in [0.29, 0.717) is 0 Å². The molecule has 0 aliphatic carbocycles. The van der Waals surface area contributed by atoms with Gasteiger partial charge in [0.25, 0.3) is 0 Å². The molecule has 0 radical (unpaired) electrons. The molecule has 14 heavy (non-hydrogen) atoms. The van der Waals surface area contributed by atoms with Crippen LogP contribution in [-0.2, 0) is 0 Å². The molecule has 0 aromatic heterocycles. The van der Waals surface area contributed by atoms with Gasteiger partial charge in [-0.15, -0.1) is 0 Å². The van der Waals surface area contributed by atoms with Crippen LogP contribution in [0.25, 0.3) is 0 Å². The Hall–Kier alpha value is -1.04. The van der Waals surface area contributed by atoms with Crippen molar-refractivity contribution < 1.29 is 0 Å². The van der Waals surface area contributed by atoms with E-state index in [2.05, 4.69) is 58.1 Å². The molecule has 0 rings (SSSR count). The maximum atomic E-state index is 2.24. The molecule has 0 saturated carbocycles. The molecule has 0 aliphatic rings. The summed E-state index contributed by atoms with van der Waals surface area (Å²) in [6.45, 7) is 10.6. The van der Waals surface area contributed by atoms with Crippen LogP contribution in [0.3, 0.4) is 0 Å². The Morgan fingerprint density at radius 2 is 1.50 bits per heavy atom.